The van der Waals surface area contributed by atoms with Crippen LogP contribution < -0.4 is 14.2 Å². The third-order valence-electron chi connectivity index (χ3n) is 7.18. The molecule has 0 saturated carbocycles. The van der Waals surface area contributed by atoms with E-state index in [-0.39, 0.29) is 5.91 Å². The molecule has 0 radical (unpaired) electrons. The van der Waals surface area contributed by atoms with Gasteiger partial charge in [0, 0.05) is 30.8 Å². The number of hydrogen-bond acceptors (Lipinski definition) is 5. The van der Waals surface area contributed by atoms with Gasteiger partial charge < -0.3 is 14.4 Å². The van der Waals surface area contributed by atoms with Gasteiger partial charge in [-0.15, -0.1) is 0 Å². The number of hydrogen-bond donors (Lipinski definition) is 1. The second-order valence-electron chi connectivity index (χ2n) is 10.0. The zero-order valence-corrected chi connectivity index (χ0v) is 22.7. The van der Waals surface area contributed by atoms with E-state index < -0.39 is 16.1 Å². The molecule has 0 spiro atoms. The molecule has 3 aromatic carbocycles. The lowest BCUT2D eigenvalue weighted by atomic mass is 9.88. The molecule has 0 bridgehead atoms. The van der Waals surface area contributed by atoms with Crippen molar-refractivity contribution >= 4 is 21.6 Å². The van der Waals surface area contributed by atoms with Gasteiger partial charge in [-0.25, -0.2) is 8.42 Å². The van der Waals surface area contributed by atoms with Crippen LogP contribution in [0.5, 0.6) is 11.5 Å². The van der Waals surface area contributed by atoms with Crippen LogP contribution >= 0.6 is 0 Å². The van der Waals surface area contributed by atoms with Crippen molar-refractivity contribution in [3.05, 3.63) is 77.4 Å². The second kappa shape index (κ2) is 11.1. The quantitative estimate of drug-likeness (QED) is 0.410. The summed E-state index contributed by atoms with van der Waals surface area (Å²) >= 11 is 0. The first-order chi connectivity index (χ1) is 18.3. The Bertz CT molecular complexity index is 1430. The Kier molecular flexibility index (Phi) is 7.61. The van der Waals surface area contributed by atoms with E-state index >= 15 is 0 Å². The number of ether oxygens (including phenoxy) is 2. The molecule has 1 atom stereocenters. The number of anilines is 1. The van der Waals surface area contributed by atoms with Gasteiger partial charge in [0.1, 0.15) is 17.6 Å². The maximum absolute atomic E-state index is 12.6. The minimum Gasteiger partial charge on any atom is -0.496 e. The molecule has 3 aromatic rings. The summed E-state index contributed by atoms with van der Waals surface area (Å²) in [5.74, 6) is 1.66. The number of sulfonamides is 1. The Morgan fingerprint density at radius 1 is 1.05 bits per heavy atom. The number of methoxy groups -OCH3 is 1. The lowest BCUT2D eigenvalue weighted by molar-refractivity contribution is -0.132. The van der Waals surface area contributed by atoms with Gasteiger partial charge >= 0.3 is 0 Å². The fourth-order valence-corrected chi connectivity index (χ4v) is 5.98. The molecule has 0 aliphatic carbocycles. The van der Waals surface area contributed by atoms with E-state index in [1.807, 2.05) is 47.4 Å². The van der Waals surface area contributed by atoms with Crippen LogP contribution in [0, 0.1) is 0 Å². The van der Waals surface area contributed by atoms with Gasteiger partial charge in [0.25, 0.3) is 0 Å². The molecule has 1 amide bonds. The second-order valence-corrected chi connectivity index (χ2v) is 11.8. The molecule has 1 fully saturated rings. The smallest absolute Gasteiger partial charge is 0.229 e. The molecule has 5 rings (SSSR count). The molecule has 38 heavy (non-hydrogen) atoms. The SMILES string of the molecule is COc1cccc2c1-c1ccc(NS(C)(=O)=O)cc1C(c1cccc(CCCC(=O)N3CCCCC3)c1)O2. The highest BCUT2D eigenvalue weighted by atomic mass is 32.2. The highest BCUT2D eigenvalue weighted by Crippen LogP contribution is 2.49. The molecule has 8 heteroatoms. The number of rotatable bonds is 8. The molecule has 2 aliphatic heterocycles. The Morgan fingerprint density at radius 2 is 1.84 bits per heavy atom. The Morgan fingerprint density at radius 3 is 2.61 bits per heavy atom. The van der Waals surface area contributed by atoms with Crippen LogP contribution in [0.15, 0.2) is 60.7 Å². The largest absolute Gasteiger partial charge is 0.496 e. The first-order valence-corrected chi connectivity index (χ1v) is 15.0. The maximum Gasteiger partial charge on any atom is 0.229 e. The Balaban J connectivity index is 1.42. The van der Waals surface area contributed by atoms with Crippen LogP contribution in [-0.2, 0) is 21.2 Å². The van der Waals surface area contributed by atoms with Crippen molar-refractivity contribution in [2.75, 3.05) is 31.2 Å². The summed E-state index contributed by atoms with van der Waals surface area (Å²) in [5.41, 5.74) is 5.22. The fraction of sp³-hybridized carbons (Fsp3) is 0.367. The van der Waals surface area contributed by atoms with Gasteiger partial charge in [-0.05, 0) is 73.1 Å². The van der Waals surface area contributed by atoms with E-state index in [0.717, 1.165) is 72.8 Å². The van der Waals surface area contributed by atoms with Gasteiger partial charge in [0.2, 0.25) is 15.9 Å². The minimum absolute atomic E-state index is 0.252. The average Bonchev–Trinajstić information content (AvgIpc) is 2.91. The maximum atomic E-state index is 12.6. The number of amides is 1. The summed E-state index contributed by atoms with van der Waals surface area (Å²) in [6.07, 6.45) is 6.28. The van der Waals surface area contributed by atoms with Crippen LogP contribution in [0.2, 0.25) is 0 Å². The molecular formula is C30H34N2O5S. The van der Waals surface area contributed by atoms with Crippen molar-refractivity contribution in [1.29, 1.82) is 0 Å². The molecule has 1 unspecified atom stereocenters. The molecule has 7 nitrogen and oxygen atoms in total. The number of likely N-dealkylation sites (tertiary alicyclic amines) is 1. The third kappa shape index (κ3) is 5.80. The highest BCUT2D eigenvalue weighted by Gasteiger charge is 2.30. The molecule has 200 valence electrons. The van der Waals surface area contributed by atoms with Crippen LogP contribution in [0.3, 0.4) is 0 Å². The van der Waals surface area contributed by atoms with E-state index in [9.17, 15) is 13.2 Å². The number of carbonyl (C=O) groups excluding carboxylic acids is 1. The lowest BCUT2D eigenvalue weighted by Gasteiger charge is -2.31. The van der Waals surface area contributed by atoms with Crippen molar-refractivity contribution in [3.8, 4) is 22.6 Å². The minimum atomic E-state index is -3.44. The summed E-state index contributed by atoms with van der Waals surface area (Å²) in [4.78, 5) is 14.6. The normalized spacial score (nSPS) is 16.7. The topological polar surface area (TPSA) is 84.9 Å². The van der Waals surface area contributed by atoms with Gasteiger partial charge in [-0.2, -0.15) is 0 Å². The number of piperidine rings is 1. The summed E-state index contributed by atoms with van der Waals surface area (Å²) in [5, 5.41) is 0. The standard InChI is InChI=1S/C30H34N2O5S/c1-36-26-12-8-13-27-29(26)24-16-15-23(31-38(2,34)35)20-25(24)30(37-27)22-11-6-9-21(19-22)10-7-14-28(33)32-17-4-3-5-18-32/h6,8-9,11-13,15-16,19-20,30-31H,3-5,7,10,14,17-18H2,1-2H3. The zero-order chi connectivity index (χ0) is 26.7. The number of nitrogens with one attached hydrogen (secondary N) is 1. The lowest BCUT2D eigenvalue weighted by Crippen LogP contribution is -2.35. The zero-order valence-electron chi connectivity index (χ0n) is 21.9. The summed E-state index contributed by atoms with van der Waals surface area (Å²) in [6, 6.07) is 19.5. The monoisotopic (exact) mass is 534 g/mol. The predicted molar refractivity (Wildman–Crippen MR) is 149 cm³/mol. The van der Waals surface area contributed by atoms with Crippen molar-refractivity contribution < 1.29 is 22.7 Å². The molecular weight excluding hydrogens is 500 g/mol. The van der Waals surface area contributed by atoms with Gasteiger partial charge in [0.05, 0.1) is 18.9 Å². The number of nitrogens with zero attached hydrogens (tertiary/aromatic N) is 1. The van der Waals surface area contributed by atoms with Gasteiger partial charge in [0.15, 0.2) is 0 Å². The molecule has 1 N–H and O–H groups in total. The first-order valence-electron chi connectivity index (χ1n) is 13.1. The van der Waals surface area contributed by atoms with Crippen LogP contribution in [0.25, 0.3) is 11.1 Å². The Labute approximate surface area is 224 Å². The van der Waals surface area contributed by atoms with E-state index in [2.05, 4.69) is 16.9 Å². The van der Waals surface area contributed by atoms with E-state index in [0.29, 0.717) is 23.6 Å². The van der Waals surface area contributed by atoms with E-state index in [1.54, 1.807) is 13.2 Å². The number of carbonyl (C=O) groups is 1. The van der Waals surface area contributed by atoms with E-state index in [4.69, 9.17) is 9.47 Å². The number of benzene rings is 3. The Hall–Kier alpha value is -3.52. The van der Waals surface area contributed by atoms with Crippen LogP contribution in [0.1, 0.15) is 54.9 Å². The fourth-order valence-electron chi connectivity index (χ4n) is 5.42. The van der Waals surface area contributed by atoms with E-state index in [1.165, 1.54) is 6.42 Å². The summed E-state index contributed by atoms with van der Waals surface area (Å²) < 4.78 is 38.6. The molecule has 2 heterocycles. The van der Waals surface area contributed by atoms with Crippen LogP contribution in [0.4, 0.5) is 5.69 Å². The van der Waals surface area contributed by atoms with Gasteiger partial charge in [-0.3, -0.25) is 9.52 Å². The number of aryl methyl sites for hydroxylation is 1. The summed E-state index contributed by atoms with van der Waals surface area (Å²) in [7, 11) is -1.81. The average molecular weight is 535 g/mol. The third-order valence-corrected chi connectivity index (χ3v) is 7.78. The van der Waals surface area contributed by atoms with Crippen molar-refractivity contribution in [1.82, 2.24) is 4.90 Å². The first kappa shape index (κ1) is 26.1. The highest BCUT2D eigenvalue weighted by molar-refractivity contribution is 7.92. The van der Waals surface area contributed by atoms with Crippen LogP contribution in [-0.4, -0.2) is 45.7 Å². The van der Waals surface area contributed by atoms with Gasteiger partial charge in [-0.1, -0.05) is 36.4 Å². The molecule has 2 aliphatic rings. The number of fused-ring (bicyclic) bond motifs is 3. The van der Waals surface area contributed by atoms with Crippen molar-refractivity contribution in [3.63, 3.8) is 0 Å². The summed E-state index contributed by atoms with van der Waals surface area (Å²) in [6.45, 7) is 1.77. The molecule has 0 aromatic heterocycles. The van der Waals surface area contributed by atoms with Crippen molar-refractivity contribution in [2.24, 2.45) is 0 Å². The molecule has 1 saturated heterocycles. The van der Waals surface area contributed by atoms with Crippen molar-refractivity contribution in [2.45, 2.75) is 44.6 Å². The predicted octanol–water partition coefficient (Wildman–Crippen LogP) is 5.55.